The third kappa shape index (κ3) is 4.13. The molecule has 0 fully saturated rings. The molecular formula is C26H24N4. The Hall–Kier alpha value is -3.79. The fourth-order valence-electron chi connectivity index (χ4n) is 3.48. The average molecular weight is 393 g/mol. The highest BCUT2D eigenvalue weighted by Crippen LogP contribution is 2.33. The van der Waals surface area contributed by atoms with Gasteiger partial charge in [0.25, 0.3) is 0 Å². The molecule has 2 aromatic heterocycles. The first-order chi connectivity index (χ1) is 14.8. The Kier molecular flexibility index (Phi) is 5.95. The summed E-state index contributed by atoms with van der Waals surface area (Å²) in [4.78, 5) is 14.2. The van der Waals surface area contributed by atoms with Crippen molar-refractivity contribution in [2.75, 3.05) is 5.32 Å². The van der Waals surface area contributed by atoms with Crippen LogP contribution in [0.15, 0.2) is 91.7 Å². The predicted octanol–water partition coefficient (Wildman–Crippen LogP) is 6.28. The molecule has 1 N–H and O–H groups in total. The molecule has 0 saturated heterocycles. The molecule has 4 nitrogen and oxygen atoms in total. The van der Waals surface area contributed by atoms with E-state index in [1.807, 2.05) is 67.6 Å². The summed E-state index contributed by atoms with van der Waals surface area (Å²) in [5.41, 5.74) is 5.16. The van der Waals surface area contributed by atoms with Crippen LogP contribution in [0.3, 0.4) is 0 Å². The fraction of sp³-hybridized carbons (Fsp3) is 0.115. The van der Waals surface area contributed by atoms with E-state index in [0.29, 0.717) is 6.54 Å². The highest BCUT2D eigenvalue weighted by atomic mass is 15.0. The molecule has 4 aromatic rings. The van der Waals surface area contributed by atoms with E-state index in [0.717, 1.165) is 51.4 Å². The summed E-state index contributed by atoms with van der Waals surface area (Å²) in [7, 11) is 0. The van der Waals surface area contributed by atoms with Gasteiger partial charge in [-0.05, 0) is 48.2 Å². The number of hydrogen-bond donors (Lipinski definition) is 1. The zero-order valence-corrected chi connectivity index (χ0v) is 17.0. The summed E-state index contributed by atoms with van der Waals surface area (Å²) < 4.78 is 0. The first-order valence-electron chi connectivity index (χ1n) is 10.1. The van der Waals surface area contributed by atoms with E-state index in [-0.39, 0.29) is 0 Å². The van der Waals surface area contributed by atoms with E-state index >= 15 is 0 Å². The topological polar surface area (TPSA) is 50.7 Å². The van der Waals surface area contributed by atoms with Crippen LogP contribution in [0.25, 0.3) is 27.6 Å². The Morgan fingerprint density at radius 1 is 0.967 bits per heavy atom. The lowest BCUT2D eigenvalue weighted by atomic mass is 10.0. The van der Waals surface area contributed by atoms with Crippen LogP contribution in [0.5, 0.6) is 0 Å². The summed E-state index contributed by atoms with van der Waals surface area (Å²) in [5, 5.41) is 4.52. The van der Waals surface area contributed by atoms with Gasteiger partial charge < -0.3 is 5.32 Å². The van der Waals surface area contributed by atoms with E-state index in [9.17, 15) is 0 Å². The minimum Gasteiger partial charge on any atom is -0.364 e. The number of rotatable bonds is 7. The van der Waals surface area contributed by atoms with Gasteiger partial charge in [-0.1, -0.05) is 60.7 Å². The number of hydrogen-bond acceptors (Lipinski definition) is 4. The molecule has 4 rings (SSSR count). The molecule has 4 heteroatoms. The molecule has 0 radical (unpaired) electrons. The number of fused-ring (bicyclic) bond motifs is 1. The highest BCUT2D eigenvalue weighted by Gasteiger charge is 2.14. The van der Waals surface area contributed by atoms with Gasteiger partial charge >= 0.3 is 0 Å². The molecule has 0 saturated carbocycles. The lowest BCUT2D eigenvalue weighted by molar-refractivity contribution is 1.02. The van der Waals surface area contributed by atoms with Crippen molar-refractivity contribution >= 4 is 22.3 Å². The lowest BCUT2D eigenvalue weighted by Crippen LogP contribution is -2.07. The van der Waals surface area contributed by atoms with Crippen molar-refractivity contribution in [2.45, 2.75) is 19.9 Å². The number of nitrogens with zero attached hydrogens (tertiary/aromatic N) is 3. The van der Waals surface area contributed by atoms with Crippen LogP contribution in [0.1, 0.15) is 24.9 Å². The maximum atomic E-state index is 4.93. The molecule has 0 aliphatic carbocycles. The minimum atomic E-state index is 0.585. The minimum absolute atomic E-state index is 0.585. The molecule has 0 spiro atoms. The second-order valence-electron chi connectivity index (χ2n) is 6.94. The van der Waals surface area contributed by atoms with Gasteiger partial charge in [0.1, 0.15) is 5.82 Å². The highest BCUT2D eigenvalue weighted by molar-refractivity contribution is 6.02. The van der Waals surface area contributed by atoms with Crippen LogP contribution >= 0.6 is 0 Å². The van der Waals surface area contributed by atoms with Crippen LogP contribution in [0.4, 0.5) is 5.82 Å². The van der Waals surface area contributed by atoms with E-state index in [2.05, 4.69) is 35.1 Å². The number of pyridine rings is 1. The van der Waals surface area contributed by atoms with Gasteiger partial charge in [0.15, 0.2) is 5.82 Å². The van der Waals surface area contributed by atoms with Gasteiger partial charge in [-0.2, -0.15) is 0 Å². The molecule has 0 amide bonds. The van der Waals surface area contributed by atoms with Crippen LogP contribution < -0.4 is 5.32 Å². The third-order valence-corrected chi connectivity index (χ3v) is 4.97. The lowest BCUT2D eigenvalue weighted by Gasteiger charge is -2.15. The number of allylic oxidation sites excluding steroid dienone is 3. The maximum absolute atomic E-state index is 4.93. The quantitative estimate of drug-likeness (QED) is 0.376. The largest absolute Gasteiger partial charge is 0.364 e. The normalized spacial score (nSPS) is 11.4. The van der Waals surface area contributed by atoms with Gasteiger partial charge in [0, 0.05) is 6.20 Å². The second-order valence-corrected chi connectivity index (χ2v) is 6.94. The van der Waals surface area contributed by atoms with E-state index in [4.69, 9.17) is 9.97 Å². The molecule has 0 aliphatic rings. The summed E-state index contributed by atoms with van der Waals surface area (Å²) in [6, 6.07) is 22.5. The first kappa shape index (κ1) is 19.5. The van der Waals surface area contributed by atoms with Gasteiger partial charge in [-0.3, -0.25) is 4.98 Å². The standard InChI is InChI=1S/C26H24N4/c1-3-11-19(4-2)25-29-23-16-10-15-22(20-12-6-5-7-13-20)24(23)26(30-25)28-18-21-14-8-9-17-27-21/h3-10,12-17H,1,11,18H2,2H3,(H,28,29,30)/b19-4+. The van der Waals surface area contributed by atoms with Crippen LogP contribution in [-0.4, -0.2) is 15.0 Å². The summed E-state index contributed by atoms with van der Waals surface area (Å²) in [6.45, 7) is 6.46. The van der Waals surface area contributed by atoms with Crippen molar-refractivity contribution in [3.8, 4) is 11.1 Å². The average Bonchev–Trinajstić information content (AvgIpc) is 2.81. The smallest absolute Gasteiger partial charge is 0.158 e. The van der Waals surface area contributed by atoms with Crippen LogP contribution in [0.2, 0.25) is 0 Å². The van der Waals surface area contributed by atoms with E-state index in [1.165, 1.54) is 0 Å². The molecule has 0 bridgehead atoms. The number of aromatic nitrogens is 3. The summed E-state index contributed by atoms with van der Waals surface area (Å²) in [5.74, 6) is 1.53. The molecule has 2 aromatic carbocycles. The van der Waals surface area contributed by atoms with Crippen molar-refractivity contribution in [1.82, 2.24) is 15.0 Å². The Morgan fingerprint density at radius 3 is 2.53 bits per heavy atom. The van der Waals surface area contributed by atoms with Crippen LogP contribution in [0, 0.1) is 0 Å². The fourth-order valence-corrected chi connectivity index (χ4v) is 3.48. The third-order valence-electron chi connectivity index (χ3n) is 4.97. The van der Waals surface area contributed by atoms with Crippen molar-refractivity contribution in [3.05, 3.63) is 103 Å². The molecular weight excluding hydrogens is 368 g/mol. The number of anilines is 1. The monoisotopic (exact) mass is 392 g/mol. The molecule has 148 valence electrons. The Morgan fingerprint density at radius 2 is 1.80 bits per heavy atom. The predicted molar refractivity (Wildman–Crippen MR) is 125 cm³/mol. The van der Waals surface area contributed by atoms with Gasteiger partial charge in [0.2, 0.25) is 0 Å². The zero-order valence-electron chi connectivity index (χ0n) is 17.0. The van der Waals surface area contributed by atoms with Crippen molar-refractivity contribution in [2.24, 2.45) is 0 Å². The maximum Gasteiger partial charge on any atom is 0.158 e. The molecule has 0 atom stereocenters. The Labute approximate surface area is 177 Å². The Balaban J connectivity index is 1.88. The van der Waals surface area contributed by atoms with Gasteiger partial charge in [-0.15, -0.1) is 6.58 Å². The van der Waals surface area contributed by atoms with Crippen molar-refractivity contribution < 1.29 is 0 Å². The van der Waals surface area contributed by atoms with Crippen molar-refractivity contribution in [3.63, 3.8) is 0 Å². The molecule has 30 heavy (non-hydrogen) atoms. The second kappa shape index (κ2) is 9.14. The summed E-state index contributed by atoms with van der Waals surface area (Å²) in [6.07, 6.45) is 6.45. The van der Waals surface area contributed by atoms with Gasteiger partial charge in [0.05, 0.1) is 23.1 Å². The Bertz CT molecular complexity index is 1180. The molecule has 0 aliphatic heterocycles. The number of benzene rings is 2. The summed E-state index contributed by atoms with van der Waals surface area (Å²) >= 11 is 0. The van der Waals surface area contributed by atoms with Gasteiger partial charge in [-0.25, -0.2) is 9.97 Å². The van der Waals surface area contributed by atoms with Crippen LogP contribution in [-0.2, 0) is 6.54 Å². The van der Waals surface area contributed by atoms with E-state index < -0.39 is 0 Å². The van der Waals surface area contributed by atoms with Crippen molar-refractivity contribution in [1.29, 1.82) is 0 Å². The first-order valence-corrected chi connectivity index (χ1v) is 10.1. The SMILES string of the molecule is C=CC/C(=C\C)c1nc(NCc2ccccn2)c2c(-c3ccccc3)cccc2n1. The van der Waals surface area contributed by atoms with E-state index in [1.54, 1.807) is 6.20 Å². The zero-order chi connectivity index (χ0) is 20.8. The molecule has 0 unspecified atom stereocenters. The molecule has 2 heterocycles. The number of nitrogens with one attached hydrogen (secondary N) is 1.